The van der Waals surface area contributed by atoms with Crippen molar-refractivity contribution in [1.29, 1.82) is 0 Å². The standard InChI is InChI=1S/C18H24N4O2/c1-4-16-19-20-17(24-16)12-22(5-2)18(23)15-10-13-8-6-7-9-14(13)11-21(15)3/h6-9,15H,4-5,10-12H2,1-3H3/t15-/m0/s1. The third kappa shape index (κ3) is 3.33. The van der Waals surface area contributed by atoms with Gasteiger partial charge in [0.2, 0.25) is 17.7 Å². The van der Waals surface area contributed by atoms with Gasteiger partial charge in [0.05, 0.1) is 12.6 Å². The molecule has 1 aliphatic rings. The summed E-state index contributed by atoms with van der Waals surface area (Å²) in [6, 6.07) is 8.19. The van der Waals surface area contributed by atoms with Gasteiger partial charge in [-0.2, -0.15) is 0 Å². The molecule has 6 heteroatoms. The molecular formula is C18H24N4O2. The second-order valence-corrected chi connectivity index (χ2v) is 6.20. The van der Waals surface area contributed by atoms with Crippen molar-refractivity contribution in [2.24, 2.45) is 0 Å². The fourth-order valence-electron chi connectivity index (χ4n) is 3.14. The Kier molecular flexibility index (Phi) is 4.94. The Morgan fingerprint density at radius 2 is 1.96 bits per heavy atom. The van der Waals surface area contributed by atoms with Crippen LogP contribution in [-0.4, -0.2) is 45.5 Å². The average molecular weight is 328 g/mol. The Labute approximate surface area is 142 Å². The summed E-state index contributed by atoms with van der Waals surface area (Å²) in [6.45, 7) is 5.73. The summed E-state index contributed by atoms with van der Waals surface area (Å²) in [5.41, 5.74) is 2.56. The SMILES string of the molecule is CCc1nnc(CN(CC)C(=O)[C@@H]2Cc3ccccc3CN2C)o1. The molecule has 1 aromatic heterocycles. The Bertz CT molecular complexity index is 713. The zero-order valence-corrected chi connectivity index (χ0v) is 14.5. The molecular weight excluding hydrogens is 304 g/mol. The molecule has 0 spiro atoms. The van der Waals surface area contributed by atoms with Crippen molar-refractivity contribution in [3.8, 4) is 0 Å². The molecule has 0 unspecified atom stereocenters. The molecule has 24 heavy (non-hydrogen) atoms. The Hall–Kier alpha value is -2.21. The van der Waals surface area contributed by atoms with Crippen molar-refractivity contribution in [2.75, 3.05) is 13.6 Å². The van der Waals surface area contributed by atoms with Crippen LogP contribution in [-0.2, 0) is 30.7 Å². The molecule has 1 aliphatic heterocycles. The van der Waals surface area contributed by atoms with Crippen LogP contribution in [0, 0.1) is 0 Å². The first-order chi connectivity index (χ1) is 11.6. The largest absolute Gasteiger partial charge is 0.423 e. The minimum atomic E-state index is -0.145. The lowest BCUT2D eigenvalue weighted by molar-refractivity contribution is -0.137. The topological polar surface area (TPSA) is 62.5 Å². The van der Waals surface area contributed by atoms with E-state index in [1.807, 2.05) is 33.0 Å². The summed E-state index contributed by atoms with van der Waals surface area (Å²) in [7, 11) is 2.01. The summed E-state index contributed by atoms with van der Waals surface area (Å²) in [6.07, 6.45) is 1.45. The van der Waals surface area contributed by atoms with Crippen LogP contribution in [0.5, 0.6) is 0 Å². The van der Waals surface area contributed by atoms with E-state index in [-0.39, 0.29) is 11.9 Å². The number of carbonyl (C=O) groups excluding carboxylic acids is 1. The van der Waals surface area contributed by atoms with E-state index in [1.165, 1.54) is 11.1 Å². The smallest absolute Gasteiger partial charge is 0.240 e. The minimum absolute atomic E-state index is 0.116. The van der Waals surface area contributed by atoms with E-state index in [0.29, 0.717) is 31.3 Å². The molecule has 1 atom stereocenters. The van der Waals surface area contributed by atoms with Crippen molar-refractivity contribution in [1.82, 2.24) is 20.0 Å². The van der Waals surface area contributed by atoms with Crippen molar-refractivity contribution in [3.63, 3.8) is 0 Å². The fraction of sp³-hybridized carbons (Fsp3) is 0.500. The summed E-state index contributed by atoms with van der Waals surface area (Å²) in [5, 5.41) is 8.01. The number of rotatable bonds is 5. The molecule has 0 aliphatic carbocycles. The van der Waals surface area contributed by atoms with Crippen LogP contribution in [0.2, 0.25) is 0 Å². The van der Waals surface area contributed by atoms with Crippen LogP contribution in [0.4, 0.5) is 0 Å². The molecule has 6 nitrogen and oxygen atoms in total. The number of fused-ring (bicyclic) bond motifs is 1. The van der Waals surface area contributed by atoms with Gasteiger partial charge in [0.1, 0.15) is 0 Å². The monoisotopic (exact) mass is 328 g/mol. The third-order valence-corrected chi connectivity index (χ3v) is 4.60. The van der Waals surface area contributed by atoms with Crippen LogP contribution in [0.15, 0.2) is 28.7 Å². The normalized spacial score (nSPS) is 17.5. The molecule has 0 bridgehead atoms. The van der Waals surface area contributed by atoms with Crippen LogP contribution in [0.3, 0.4) is 0 Å². The molecule has 0 fully saturated rings. The number of hydrogen-bond donors (Lipinski definition) is 0. The number of aryl methyl sites for hydroxylation is 1. The number of nitrogens with zero attached hydrogens (tertiary/aromatic N) is 4. The number of carbonyl (C=O) groups is 1. The van der Waals surface area contributed by atoms with Gasteiger partial charge in [0, 0.05) is 19.5 Å². The predicted molar refractivity (Wildman–Crippen MR) is 90.2 cm³/mol. The zero-order chi connectivity index (χ0) is 17.1. The third-order valence-electron chi connectivity index (χ3n) is 4.60. The van der Waals surface area contributed by atoms with E-state index in [9.17, 15) is 4.79 Å². The van der Waals surface area contributed by atoms with Crippen molar-refractivity contribution >= 4 is 5.91 Å². The molecule has 3 rings (SSSR count). The molecule has 0 N–H and O–H groups in total. The highest BCUT2D eigenvalue weighted by Gasteiger charge is 2.32. The van der Waals surface area contributed by atoms with Gasteiger partial charge in [-0.3, -0.25) is 9.69 Å². The maximum atomic E-state index is 13.0. The highest BCUT2D eigenvalue weighted by molar-refractivity contribution is 5.82. The Balaban J connectivity index is 1.74. The van der Waals surface area contributed by atoms with Gasteiger partial charge in [-0.25, -0.2) is 0 Å². The summed E-state index contributed by atoms with van der Waals surface area (Å²) >= 11 is 0. The molecule has 2 heterocycles. The van der Waals surface area contributed by atoms with Gasteiger partial charge in [-0.05, 0) is 31.5 Å². The van der Waals surface area contributed by atoms with Crippen molar-refractivity contribution < 1.29 is 9.21 Å². The van der Waals surface area contributed by atoms with Gasteiger partial charge in [0.15, 0.2) is 0 Å². The van der Waals surface area contributed by atoms with Crippen LogP contribution >= 0.6 is 0 Å². The summed E-state index contributed by atoms with van der Waals surface area (Å²) < 4.78 is 5.56. The van der Waals surface area contributed by atoms with E-state index in [1.54, 1.807) is 4.90 Å². The van der Waals surface area contributed by atoms with Crippen molar-refractivity contribution in [3.05, 3.63) is 47.2 Å². The second-order valence-electron chi connectivity index (χ2n) is 6.20. The van der Waals surface area contributed by atoms with E-state index < -0.39 is 0 Å². The second kappa shape index (κ2) is 7.13. The van der Waals surface area contributed by atoms with Gasteiger partial charge >= 0.3 is 0 Å². The number of amides is 1. The van der Waals surface area contributed by atoms with Gasteiger partial charge in [-0.1, -0.05) is 31.2 Å². The predicted octanol–water partition coefficient (Wildman–Crippen LogP) is 2.04. The summed E-state index contributed by atoms with van der Waals surface area (Å²) in [4.78, 5) is 16.9. The lowest BCUT2D eigenvalue weighted by atomic mass is 9.93. The summed E-state index contributed by atoms with van der Waals surface area (Å²) in [5.74, 6) is 1.23. The zero-order valence-electron chi connectivity index (χ0n) is 14.5. The molecule has 0 saturated heterocycles. The van der Waals surface area contributed by atoms with E-state index >= 15 is 0 Å². The Morgan fingerprint density at radius 1 is 1.25 bits per heavy atom. The van der Waals surface area contributed by atoms with Crippen LogP contribution in [0.25, 0.3) is 0 Å². The number of likely N-dealkylation sites (N-methyl/N-ethyl adjacent to an activating group) is 2. The quantitative estimate of drug-likeness (QED) is 0.840. The van der Waals surface area contributed by atoms with Crippen molar-refractivity contribution in [2.45, 2.75) is 45.8 Å². The van der Waals surface area contributed by atoms with Crippen LogP contribution < -0.4 is 0 Å². The van der Waals surface area contributed by atoms with Gasteiger partial charge < -0.3 is 9.32 Å². The first-order valence-corrected chi connectivity index (χ1v) is 8.49. The minimum Gasteiger partial charge on any atom is -0.423 e. The molecule has 0 radical (unpaired) electrons. The number of benzene rings is 1. The fourth-order valence-corrected chi connectivity index (χ4v) is 3.14. The molecule has 128 valence electrons. The highest BCUT2D eigenvalue weighted by Crippen LogP contribution is 2.23. The first kappa shape index (κ1) is 16.6. The van der Waals surface area contributed by atoms with E-state index in [2.05, 4.69) is 27.2 Å². The number of hydrogen-bond acceptors (Lipinski definition) is 5. The first-order valence-electron chi connectivity index (χ1n) is 8.49. The Morgan fingerprint density at radius 3 is 2.62 bits per heavy atom. The molecule has 2 aromatic rings. The maximum Gasteiger partial charge on any atom is 0.240 e. The van der Waals surface area contributed by atoms with Gasteiger partial charge in [-0.15, -0.1) is 10.2 Å². The van der Waals surface area contributed by atoms with E-state index in [4.69, 9.17) is 4.42 Å². The van der Waals surface area contributed by atoms with E-state index in [0.717, 1.165) is 13.0 Å². The van der Waals surface area contributed by atoms with Gasteiger partial charge in [0.25, 0.3) is 0 Å². The molecule has 1 amide bonds. The lowest BCUT2D eigenvalue weighted by Gasteiger charge is -2.35. The number of aromatic nitrogens is 2. The highest BCUT2D eigenvalue weighted by atomic mass is 16.4. The lowest BCUT2D eigenvalue weighted by Crippen LogP contribution is -2.49. The van der Waals surface area contributed by atoms with Crippen LogP contribution in [0.1, 0.15) is 36.8 Å². The average Bonchev–Trinajstić information content (AvgIpc) is 3.06. The molecule has 1 aromatic carbocycles. The molecule has 0 saturated carbocycles. The maximum absolute atomic E-state index is 13.0.